The summed E-state index contributed by atoms with van der Waals surface area (Å²) in [6, 6.07) is 5.32. The van der Waals surface area contributed by atoms with E-state index in [1.165, 1.54) is 0 Å². The van der Waals surface area contributed by atoms with Crippen LogP contribution in [-0.2, 0) is 9.59 Å². The zero-order chi connectivity index (χ0) is 15.1. The van der Waals surface area contributed by atoms with Crippen LogP contribution in [0, 0.1) is 6.92 Å². The number of hydrogen-bond donors (Lipinski definition) is 3. The molecule has 0 bridgehead atoms. The van der Waals surface area contributed by atoms with Gasteiger partial charge in [0.2, 0.25) is 0 Å². The van der Waals surface area contributed by atoms with Crippen LogP contribution in [0.15, 0.2) is 18.2 Å². The fraction of sp³-hybridized carbons (Fsp3) is 0.308. The van der Waals surface area contributed by atoms with Gasteiger partial charge in [0, 0.05) is 17.1 Å². The molecule has 3 N–H and O–H groups in total. The highest BCUT2D eigenvalue weighted by Gasteiger charge is 2.07. The fourth-order valence-electron chi connectivity index (χ4n) is 1.45. The summed E-state index contributed by atoms with van der Waals surface area (Å²) in [5.74, 6) is -1.19. The molecule has 0 aliphatic heterocycles. The molecule has 0 fully saturated rings. The molecule has 0 unspecified atom stereocenters. The summed E-state index contributed by atoms with van der Waals surface area (Å²) in [6.45, 7) is 1.89. The Bertz CT molecular complexity index is 534. The predicted octanol–water partition coefficient (Wildman–Crippen LogP) is 2.37. The highest BCUT2D eigenvalue weighted by molar-refractivity contribution is 7.80. The van der Waals surface area contributed by atoms with Gasteiger partial charge in [-0.25, -0.2) is 0 Å². The molecule has 0 spiro atoms. The number of aryl methyl sites for hydroxylation is 1. The van der Waals surface area contributed by atoms with Gasteiger partial charge in [-0.1, -0.05) is 11.6 Å². The lowest BCUT2D eigenvalue weighted by molar-refractivity contribution is -0.138. The highest BCUT2D eigenvalue weighted by Crippen LogP contribution is 2.19. The number of Topliss-reactive ketones (excluding diaryl/α,β-unsaturated/α-hetero) is 1. The third-order valence-corrected chi connectivity index (χ3v) is 2.98. The number of hydrogen-bond acceptors (Lipinski definition) is 3. The standard InChI is InChI=1S/C13H15ClN2O3S/c1-8-6-9(14)2-4-11(8)16-13(20)15-7-10(17)3-5-12(18)19/h2,4,6H,3,5,7H2,1H3,(H,18,19)(H2,15,16,20). The number of anilines is 1. The molecule has 0 amide bonds. The summed E-state index contributed by atoms with van der Waals surface area (Å²) in [5.41, 5.74) is 1.73. The van der Waals surface area contributed by atoms with Gasteiger partial charge in [0.25, 0.3) is 0 Å². The number of rotatable bonds is 6. The second-order valence-electron chi connectivity index (χ2n) is 4.20. The minimum absolute atomic E-state index is 0.00571. The first-order valence-corrected chi connectivity index (χ1v) is 6.71. The van der Waals surface area contributed by atoms with E-state index in [1.807, 2.05) is 6.92 Å². The van der Waals surface area contributed by atoms with Crippen LogP contribution in [-0.4, -0.2) is 28.5 Å². The van der Waals surface area contributed by atoms with Crippen LogP contribution in [0.2, 0.25) is 5.02 Å². The molecule has 0 heterocycles. The summed E-state index contributed by atoms with van der Waals surface area (Å²) < 4.78 is 0. The van der Waals surface area contributed by atoms with Crippen molar-refractivity contribution in [3.8, 4) is 0 Å². The lowest BCUT2D eigenvalue weighted by Gasteiger charge is -2.12. The molecule has 108 valence electrons. The minimum Gasteiger partial charge on any atom is -0.481 e. The first-order chi connectivity index (χ1) is 9.38. The Morgan fingerprint density at radius 1 is 1.35 bits per heavy atom. The van der Waals surface area contributed by atoms with Crippen LogP contribution in [0.4, 0.5) is 5.69 Å². The average molecular weight is 315 g/mol. The first-order valence-electron chi connectivity index (χ1n) is 5.93. The molecule has 7 heteroatoms. The van der Waals surface area contributed by atoms with E-state index in [0.717, 1.165) is 11.3 Å². The average Bonchev–Trinajstić information content (AvgIpc) is 2.37. The van der Waals surface area contributed by atoms with Gasteiger partial charge < -0.3 is 15.7 Å². The van der Waals surface area contributed by atoms with E-state index in [4.69, 9.17) is 28.9 Å². The summed E-state index contributed by atoms with van der Waals surface area (Å²) in [5, 5.41) is 15.1. The maximum Gasteiger partial charge on any atom is 0.303 e. The molecular weight excluding hydrogens is 300 g/mol. The van der Waals surface area contributed by atoms with Crippen molar-refractivity contribution in [3.05, 3.63) is 28.8 Å². The number of carboxylic acid groups (broad SMARTS) is 1. The molecular formula is C13H15ClN2O3S. The Morgan fingerprint density at radius 2 is 2.05 bits per heavy atom. The van der Waals surface area contributed by atoms with Gasteiger partial charge >= 0.3 is 5.97 Å². The third-order valence-electron chi connectivity index (χ3n) is 2.50. The fourth-order valence-corrected chi connectivity index (χ4v) is 1.86. The molecule has 0 saturated heterocycles. The SMILES string of the molecule is Cc1cc(Cl)ccc1NC(=S)NCC(=O)CCC(=O)O. The van der Waals surface area contributed by atoms with Crippen LogP contribution in [0.5, 0.6) is 0 Å². The van der Waals surface area contributed by atoms with Crippen molar-refractivity contribution in [1.29, 1.82) is 0 Å². The van der Waals surface area contributed by atoms with Crippen molar-refractivity contribution in [2.75, 3.05) is 11.9 Å². The second kappa shape index (κ2) is 7.81. The number of halogens is 1. The van der Waals surface area contributed by atoms with Gasteiger partial charge in [-0.2, -0.15) is 0 Å². The minimum atomic E-state index is -0.990. The molecule has 0 atom stereocenters. The highest BCUT2D eigenvalue weighted by atomic mass is 35.5. The van der Waals surface area contributed by atoms with Crippen LogP contribution in [0.1, 0.15) is 18.4 Å². The Hall–Kier alpha value is -1.66. The number of benzene rings is 1. The van der Waals surface area contributed by atoms with E-state index in [0.29, 0.717) is 10.1 Å². The van der Waals surface area contributed by atoms with Crippen LogP contribution < -0.4 is 10.6 Å². The topological polar surface area (TPSA) is 78.4 Å². The van der Waals surface area contributed by atoms with Crippen LogP contribution in [0.3, 0.4) is 0 Å². The molecule has 0 aliphatic rings. The van der Waals surface area contributed by atoms with Crippen molar-refractivity contribution in [1.82, 2.24) is 5.32 Å². The maximum atomic E-state index is 11.4. The summed E-state index contributed by atoms with van der Waals surface area (Å²) in [7, 11) is 0. The maximum absolute atomic E-state index is 11.4. The number of nitrogens with one attached hydrogen (secondary N) is 2. The molecule has 20 heavy (non-hydrogen) atoms. The smallest absolute Gasteiger partial charge is 0.303 e. The molecule has 0 saturated carbocycles. The molecule has 1 rings (SSSR count). The molecule has 0 aromatic heterocycles. The van der Waals surface area contributed by atoms with Gasteiger partial charge in [-0.15, -0.1) is 0 Å². The largest absolute Gasteiger partial charge is 0.481 e. The normalized spacial score (nSPS) is 9.90. The summed E-state index contributed by atoms with van der Waals surface area (Å²) in [4.78, 5) is 21.7. The molecule has 0 radical (unpaired) electrons. The molecule has 1 aromatic rings. The number of carboxylic acids is 1. The second-order valence-corrected chi connectivity index (χ2v) is 5.04. The van der Waals surface area contributed by atoms with E-state index in [1.54, 1.807) is 18.2 Å². The zero-order valence-corrected chi connectivity index (χ0v) is 12.5. The van der Waals surface area contributed by atoms with E-state index < -0.39 is 5.97 Å². The van der Waals surface area contributed by atoms with E-state index >= 15 is 0 Å². The van der Waals surface area contributed by atoms with Crippen molar-refractivity contribution < 1.29 is 14.7 Å². The summed E-state index contributed by atoms with van der Waals surface area (Å²) >= 11 is 10.9. The number of carbonyl (C=O) groups excluding carboxylic acids is 1. The molecule has 5 nitrogen and oxygen atoms in total. The predicted molar refractivity (Wildman–Crippen MR) is 82.3 cm³/mol. The lowest BCUT2D eigenvalue weighted by Crippen LogP contribution is -2.33. The molecule has 1 aromatic carbocycles. The van der Waals surface area contributed by atoms with E-state index in [2.05, 4.69) is 10.6 Å². The van der Waals surface area contributed by atoms with E-state index in [9.17, 15) is 9.59 Å². The van der Waals surface area contributed by atoms with Gasteiger partial charge in [0.05, 0.1) is 13.0 Å². The molecule has 0 aliphatic carbocycles. The van der Waals surface area contributed by atoms with Gasteiger partial charge in [-0.05, 0) is 42.9 Å². The Labute approximate surface area is 127 Å². The number of ketones is 1. The number of carbonyl (C=O) groups is 2. The Morgan fingerprint density at radius 3 is 2.65 bits per heavy atom. The number of aliphatic carboxylic acids is 1. The van der Waals surface area contributed by atoms with Crippen molar-refractivity contribution in [2.24, 2.45) is 0 Å². The van der Waals surface area contributed by atoms with Crippen molar-refractivity contribution >= 4 is 46.4 Å². The first kappa shape index (κ1) is 16.4. The third kappa shape index (κ3) is 5.99. The van der Waals surface area contributed by atoms with E-state index in [-0.39, 0.29) is 25.2 Å². The Balaban J connectivity index is 2.40. The quantitative estimate of drug-likeness (QED) is 0.700. The Kier molecular flexibility index (Phi) is 6.41. The van der Waals surface area contributed by atoms with Gasteiger partial charge in [0.1, 0.15) is 0 Å². The monoisotopic (exact) mass is 314 g/mol. The number of thiocarbonyl (C=S) groups is 1. The van der Waals surface area contributed by atoms with Crippen molar-refractivity contribution in [3.63, 3.8) is 0 Å². The van der Waals surface area contributed by atoms with Crippen LogP contribution >= 0.6 is 23.8 Å². The van der Waals surface area contributed by atoms with Crippen molar-refractivity contribution in [2.45, 2.75) is 19.8 Å². The zero-order valence-electron chi connectivity index (χ0n) is 10.9. The van der Waals surface area contributed by atoms with Crippen LogP contribution in [0.25, 0.3) is 0 Å². The van der Waals surface area contributed by atoms with Gasteiger partial charge in [0.15, 0.2) is 10.9 Å². The van der Waals surface area contributed by atoms with Gasteiger partial charge in [-0.3, -0.25) is 9.59 Å². The lowest BCUT2D eigenvalue weighted by atomic mass is 10.2. The summed E-state index contributed by atoms with van der Waals surface area (Å²) in [6.07, 6.45) is -0.179.